The van der Waals surface area contributed by atoms with Gasteiger partial charge in [0.1, 0.15) is 12.2 Å². The van der Waals surface area contributed by atoms with Gasteiger partial charge in [-0.1, -0.05) is 13.8 Å². The summed E-state index contributed by atoms with van der Waals surface area (Å²) in [6, 6.07) is 0.421. The van der Waals surface area contributed by atoms with Crippen LogP contribution in [0.15, 0.2) is 6.33 Å². The summed E-state index contributed by atoms with van der Waals surface area (Å²) >= 11 is 0. The van der Waals surface area contributed by atoms with Crippen molar-refractivity contribution in [1.82, 2.24) is 20.1 Å². The number of rotatable bonds is 10. The third-order valence-electron chi connectivity index (χ3n) is 4.56. The van der Waals surface area contributed by atoms with Crippen LogP contribution in [0.25, 0.3) is 0 Å². The van der Waals surface area contributed by atoms with E-state index in [0.717, 1.165) is 44.6 Å². The molecule has 1 fully saturated rings. The number of methoxy groups -OCH3 is 1. The van der Waals surface area contributed by atoms with Crippen molar-refractivity contribution in [2.75, 3.05) is 13.7 Å². The van der Waals surface area contributed by atoms with E-state index in [0.29, 0.717) is 6.04 Å². The third-order valence-corrected chi connectivity index (χ3v) is 4.56. The second-order valence-electron chi connectivity index (χ2n) is 6.20. The monoisotopic (exact) mass is 294 g/mol. The maximum Gasteiger partial charge on any atom is 0.138 e. The molecular formula is C16H30N4O. The van der Waals surface area contributed by atoms with E-state index in [9.17, 15) is 0 Å². The fourth-order valence-electron chi connectivity index (χ4n) is 3.14. The van der Waals surface area contributed by atoms with Gasteiger partial charge in [-0.05, 0) is 45.1 Å². The highest BCUT2D eigenvalue weighted by molar-refractivity contribution is 4.97. The zero-order valence-corrected chi connectivity index (χ0v) is 13.8. The maximum atomic E-state index is 5.80. The summed E-state index contributed by atoms with van der Waals surface area (Å²) in [7, 11) is 1.86. The van der Waals surface area contributed by atoms with Crippen LogP contribution in [0.2, 0.25) is 0 Å². The lowest BCUT2D eigenvalue weighted by Crippen LogP contribution is -2.47. The number of hydrogen-bond donors (Lipinski definition) is 1. The van der Waals surface area contributed by atoms with Crippen LogP contribution in [0.4, 0.5) is 0 Å². The van der Waals surface area contributed by atoms with Gasteiger partial charge in [0, 0.05) is 26.1 Å². The lowest BCUT2D eigenvalue weighted by molar-refractivity contribution is -0.0835. The van der Waals surface area contributed by atoms with Crippen LogP contribution in [0, 0.1) is 0 Å². The van der Waals surface area contributed by atoms with Crippen LogP contribution < -0.4 is 5.32 Å². The lowest BCUT2D eigenvalue weighted by Gasteiger charge is -2.43. The van der Waals surface area contributed by atoms with Crippen molar-refractivity contribution < 1.29 is 4.74 Å². The number of hydrogen-bond acceptors (Lipinski definition) is 4. The van der Waals surface area contributed by atoms with E-state index < -0.39 is 0 Å². The van der Waals surface area contributed by atoms with Crippen LogP contribution >= 0.6 is 0 Å². The Morgan fingerprint density at radius 3 is 2.76 bits per heavy atom. The van der Waals surface area contributed by atoms with Crippen LogP contribution in [0.5, 0.6) is 0 Å². The average molecular weight is 294 g/mol. The van der Waals surface area contributed by atoms with Crippen molar-refractivity contribution in [2.45, 2.75) is 77.0 Å². The summed E-state index contributed by atoms with van der Waals surface area (Å²) in [6.07, 6.45) is 9.60. The number of aromatic nitrogens is 3. The van der Waals surface area contributed by atoms with Crippen molar-refractivity contribution in [3.8, 4) is 0 Å². The molecule has 1 saturated carbocycles. The molecule has 0 saturated heterocycles. The first-order valence-corrected chi connectivity index (χ1v) is 8.38. The molecule has 1 aromatic rings. The molecule has 0 radical (unpaired) electrons. The van der Waals surface area contributed by atoms with Gasteiger partial charge in [-0.15, -0.1) is 0 Å². The molecule has 21 heavy (non-hydrogen) atoms. The second kappa shape index (κ2) is 7.90. The second-order valence-corrected chi connectivity index (χ2v) is 6.20. The first-order chi connectivity index (χ1) is 10.2. The minimum atomic E-state index is 0.0982. The largest absolute Gasteiger partial charge is 0.378 e. The Bertz CT molecular complexity index is 409. The van der Waals surface area contributed by atoms with Gasteiger partial charge in [0.05, 0.1) is 5.60 Å². The first-order valence-electron chi connectivity index (χ1n) is 8.38. The summed E-state index contributed by atoms with van der Waals surface area (Å²) in [4.78, 5) is 4.45. The molecule has 120 valence electrons. The Morgan fingerprint density at radius 2 is 2.19 bits per heavy atom. The number of nitrogens with one attached hydrogen (secondary N) is 1. The Morgan fingerprint density at radius 1 is 1.38 bits per heavy atom. The van der Waals surface area contributed by atoms with E-state index in [1.54, 1.807) is 6.33 Å². The van der Waals surface area contributed by atoms with E-state index in [2.05, 4.69) is 29.2 Å². The van der Waals surface area contributed by atoms with Crippen molar-refractivity contribution >= 4 is 0 Å². The number of aryl methyl sites for hydroxylation is 1. The summed E-state index contributed by atoms with van der Waals surface area (Å²) in [5, 5.41) is 8.01. The van der Waals surface area contributed by atoms with Gasteiger partial charge in [0.15, 0.2) is 0 Å². The molecule has 0 aliphatic heterocycles. The number of nitrogens with zero attached hydrogens (tertiary/aromatic N) is 3. The Labute approximate surface area is 128 Å². The molecule has 1 unspecified atom stereocenters. The molecule has 5 heteroatoms. The molecule has 0 aromatic carbocycles. The maximum absolute atomic E-state index is 5.80. The van der Waals surface area contributed by atoms with E-state index in [-0.39, 0.29) is 5.60 Å². The summed E-state index contributed by atoms with van der Waals surface area (Å²) in [5.41, 5.74) is 0.0982. The van der Waals surface area contributed by atoms with Crippen LogP contribution in [-0.4, -0.2) is 40.1 Å². The Balaban J connectivity index is 1.99. The smallest absolute Gasteiger partial charge is 0.138 e. The van der Waals surface area contributed by atoms with E-state index in [4.69, 9.17) is 4.74 Å². The normalized spacial score (nSPS) is 18.4. The lowest BCUT2D eigenvalue weighted by atomic mass is 9.75. The van der Waals surface area contributed by atoms with E-state index in [1.165, 1.54) is 19.3 Å². The van der Waals surface area contributed by atoms with Crippen LogP contribution in [0.1, 0.15) is 58.2 Å². The predicted molar refractivity (Wildman–Crippen MR) is 84.3 cm³/mol. The fourth-order valence-corrected chi connectivity index (χ4v) is 3.14. The quantitative estimate of drug-likeness (QED) is 0.720. The molecule has 0 amide bonds. The molecule has 1 aliphatic rings. The summed E-state index contributed by atoms with van der Waals surface area (Å²) in [5.74, 6) is 1.09. The highest BCUT2D eigenvalue weighted by atomic mass is 16.5. The van der Waals surface area contributed by atoms with Crippen molar-refractivity contribution in [3.05, 3.63) is 12.2 Å². The Kier molecular flexibility index (Phi) is 6.18. The molecule has 0 spiro atoms. The molecule has 5 nitrogen and oxygen atoms in total. The van der Waals surface area contributed by atoms with Crippen LogP contribution in [-0.2, 0) is 17.7 Å². The molecule has 1 heterocycles. The third kappa shape index (κ3) is 4.27. The van der Waals surface area contributed by atoms with Crippen molar-refractivity contribution in [2.24, 2.45) is 0 Å². The minimum absolute atomic E-state index is 0.0982. The SMILES string of the molecule is CCCNC(Cc1ncnn1CCC)CC1(OC)CCC1. The van der Waals surface area contributed by atoms with E-state index >= 15 is 0 Å². The zero-order chi connectivity index (χ0) is 15.1. The molecule has 0 bridgehead atoms. The van der Waals surface area contributed by atoms with Gasteiger partial charge < -0.3 is 10.1 Å². The Hall–Kier alpha value is -0.940. The summed E-state index contributed by atoms with van der Waals surface area (Å²) in [6.45, 7) is 6.38. The highest BCUT2D eigenvalue weighted by Crippen LogP contribution is 2.39. The molecular weight excluding hydrogens is 264 g/mol. The predicted octanol–water partition coefficient (Wildman–Crippen LogP) is 2.56. The van der Waals surface area contributed by atoms with Gasteiger partial charge in [-0.2, -0.15) is 5.10 Å². The number of ether oxygens (including phenoxy) is 1. The fraction of sp³-hybridized carbons (Fsp3) is 0.875. The highest BCUT2D eigenvalue weighted by Gasteiger charge is 2.39. The van der Waals surface area contributed by atoms with Gasteiger partial charge >= 0.3 is 0 Å². The van der Waals surface area contributed by atoms with Gasteiger partial charge in [0.25, 0.3) is 0 Å². The molecule has 1 N–H and O–H groups in total. The van der Waals surface area contributed by atoms with E-state index in [1.807, 2.05) is 11.8 Å². The van der Waals surface area contributed by atoms with Gasteiger partial charge in [-0.3, -0.25) is 4.68 Å². The average Bonchev–Trinajstić information content (AvgIpc) is 2.87. The van der Waals surface area contributed by atoms with Gasteiger partial charge in [0.2, 0.25) is 0 Å². The standard InChI is InChI=1S/C16H30N4O/c1-4-9-17-14(12-16(21-3)7-6-8-16)11-15-18-13-19-20(15)10-5-2/h13-14,17H,4-12H2,1-3H3. The molecule has 1 aromatic heterocycles. The van der Waals surface area contributed by atoms with Crippen molar-refractivity contribution in [3.63, 3.8) is 0 Å². The van der Waals surface area contributed by atoms with Gasteiger partial charge in [-0.25, -0.2) is 4.98 Å². The first kappa shape index (κ1) is 16.4. The molecule has 1 atom stereocenters. The molecule has 1 aliphatic carbocycles. The topological polar surface area (TPSA) is 52.0 Å². The molecule has 2 rings (SSSR count). The zero-order valence-electron chi connectivity index (χ0n) is 13.8. The van der Waals surface area contributed by atoms with Crippen molar-refractivity contribution in [1.29, 1.82) is 0 Å². The summed E-state index contributed by atoms with van der Waals surface area (Å²) < 4.78 is 7.84. The minimum Gasteiger partial charge on any atom is -0.378 e. The van der Waals surface area contributed by atoms with Crippen LogP contribution in [0.3, 0.4) is 0 Å².